The molecule has 2 aromatic rings. The Kier molecular flexibility index (Phi) is 9.79. The van der Waals surface area contributed by atoms with E-state index in [1.807, 2.05) is 26.0 Å². The summed E-state index contributed by atoms with van der Waals surface area (Å²) in [5.74, 6) is -0.579. The molecule has 2 rings (SSSR count). The quantitative estimate of drug-likeness (QED) is 0.494. The number of amides is 2. The van der Waals surface area contributed by atoms with Crippen LogP contribution in [0.3, 0.4) is 0 Å². The van der Waals surface area contributed by atoms with Crippen molar-refractivity contribution >= 4 is 50.7 Å². The normalized spacial score (nSPS) is 12.4. The summed E-state index contributed by atoms with van der Waals surface area (Å²) in [6, 6.07) is 11.2. The highest BCUT2D eigenvalue weighted by Crippen LogP contribution is 2.25. The monoisotopic (exact) mass is 527 g/mol. The molecule has 1 atom stereocenters. The van der Waals surface area contributed by atoms with E-state index in [0.717, 1.165) is 16.1 Å². The Bertz CT molecular complexity index is 1120. The smallest absolute Gasteiger partial charge is 0.244 e. The minimum atomic E-state index is -3.78. The summed E-state index contributed by atoms with van der Waals surface area (Å²) in [6.45, 7) is 5.48. The Morgan fingerprint density at radius 2 is 1.65 bits per heavy atom. The summed E-state index contributed by atoms with van der Waals surface area (Å²) in [5.41, 5.74) is 2.09. The lowest BCUT2D eigenvalue weighted by atomic mass is 10.0. The van der Waals surface area contributed by atoms with Gasteiger partial charge in [-0.15, -0.1) is 0 Å². The van der Waals surface area contributed by atoms with Crippen molar-refractivity contribution < 1.29 is 18.0 Å². The molecule has 186 valence electrons. The van der Waals surface area contributed by atoms with Gasteiger partial charge in [0, 0.05) is 13.6 Å². The fourth-order valence-electron chi connectivity index (χ4n) is 3.56. The molecule has 0 spiro atoms. The van der Waals surface area contributed by atoms with Crippen LogP contribution in [-0.2, 0) is 26.2 Å². The SMILES string of the molecule is CC[C@@H](C(=O)NC)N(Cc1ccc(Cl)c(Cl)c1)C(=O)CN(c1ccc(C(C)C)cc1)S(C)(=O)=O. The molecular weight excluding hydrogens is 497 g/mol. The van der Waals surface area contributed by atoms with E-state index in [0.29, 0.717) is 27.7 Å². The van der Waals surface area contributed by atoms with Gasteiger partial charge in [-0.05, 0) is 47.7 Å². The van der Waals surface area contributed by atoms with E-state index in [-0.39, 0.29) is 18.4 Å². The first-order valence-corrected chi connectivity index (χ1v) is 13.5. The predicted octanol–water partition coefficient (Wildman–Crippen LogP) is 4.44. The molecule has 2 amide bonds. The summed E-state index contributed by atoms with van der Waals surface area (Å²) in [4.78, 5) is 27.5. The first-order valence-electron chi connectivity index (χ1n) is 10.9. The summed E-state index contributed by atoms with van der Waals surface area (Å²) in [6.07, 6.45) is 1.39. The number of hydrogen-bond acceptors (Lipinski definition) is 4. The Hall–Kier alpha value is -2.29. The molecule has 0 radical (unpaired) electrons. The van der Waals surface area contributed by atoms with E-state index in [1.165, 1.54) is 11.9 Å². The number of anilines is 1. The van der Waals surface area contributed by atoms with Crippen LogP contribution in [0, 0.1) is 0 Å². The van der Waals surface area contributed by atoms with Gasteiger partial charge in [0.1, 0.15) is 12.6 Å². The van der Waals surface area contributed by atoms with Gasteiger partial charge in [-0.25, -0.2) is 8.42 Å². The molecule has 0 aliphatic heterocycles. The second-order valence-electron chi connectivity index (χ2n) is 8.32. The minimum absolute atomic E-state index is 0.0610. The van der Waals surface area contributed by atoms with Crippen LogP contribution in [-0.4, -0.2) is 51.0 Å². The zero-order valence-electron chi connectivity index (χ0n) is 20.0. The van der Waals surface area contributed by atoms with Crippen LogP contribution in [0.2, 0.25) is 10.0 Å². The molecule has 0 aromatic heterocycles. The molecule has 34 heavy (non-hydrogen) atoms. The lowest BCUT2D eigenvalue weighted by Crippen LogP contribution is -2.51. The number of likely N-dealkylation sites (N-methyl/N-ethyl adjacent to an activating group) is 1. The summed E-state index contributed by atoms with van der Waals surface area (Å²) >= 11 is 12.1. The molecule has 0 unspecified atom stereocenters. The van der Waals surface area contributed by atoms with E-state index >= 15 is 0 Å². The third-order valence-corrected chi connectivity index (χ3v) is 7.38. The zero-order chi connectivity index (χ0) is 25.6. The second kappa shape index (κ2) is 11.9. The van der Waals surface area contributed by atoms with Crippen molar-refractivity contribution in [2.75, 3.05) is 24.2 Å². The van der Waals surface area contributed by atoms with Crippen molar-refractivity contribution in [3.63, 3.8) is 0 Å². The van der Waals surface area contributed by atoms with Crippen LogP contribution in [0.25, 0.3) is 0 Å². The van der Waals surface area contributed by atoms with Gasteiger partial charge in [0.25, 0.3) is 0 Å². The van der Waals surface area contributed by atoms with Gasteiger partial charge in [-0.3, -0.25) is 13.9 Å². The maximum atomic E-state index is 13.5. The fraction of sp³-hybridized carbons (Fsp3) is 0.417. The number of nitrogens with zero attached hydrogens (tertiary/aromatic N) is 2. The number of carbonyl (C=O) groups excluding carboxylic acids is 2. The van der Waals surface area contributed by atoms with Crippen molar-refractivity contribution in [3.05, 3.63) is 63.6 Å². The van der Waals surface area contributed by atoms with Gasteiger partial charge < -0.3 is 10.2 Å². The summed E-state index contributed by atoms with van der Waals surface area (Å²) in [5, 5.41) is 3.27. The Morgan fingerprint density at radius 3 is 2.12 bits per heavy atom. The molecule has 0 fully saturated rings. The maximum absolute atomic E-state index is 13.5. The Morgan fingerprint density at radius 1 is 1.03 bits per heavy atom. The van der Waals surface area contributed by atoms with Gasteiger partial charge >= 0.3 is 0 Å². The molecule has 0 saturated carbocycles. The van der Waals surface area contributed by atoms with E-state index in [9.17, 15) is 18.0 Å². The van der Waals surface area contributed by atoms with Gasteiger partial charge in [0.2, 0.25) is 21.8 Å². The third-order valence-electron chi connectivity index (χ3n) is 5.50. The van der Waals surface area contributed by atoms with Crippen LogP contribution in [0.5, 0.6) is 0 Å². The molecular formula is C24H31Cl2N3O4S. The number of hydrogen-bond donors (Lipinski definition) is 1. The van der Waals surface area contributed by atoms with E-state index in [2.05, 4.69) is 5.32 Å². The summed E-state index contributed by atoms with van der Waals surface area (Å²) < 4.78 is 26.3. The largest absolute Gasteiger partial charge is 0.357 e. The molecule has 0 saturated heterocycles. The predicted molar refractivity (Wildman–Crippen MR) is 138 cm³/mol. The van der Waals surface area contributed by atoms with Crippen molar-refractivity contribution in [1.82, 2.24) is 10.2 Å². The first kappa shape index (κ1) is 28.0. The highest BCUT2D eigenvalue weighted by molar-refractivity contribution is 7.92. The molecule has 0 bridgehead atoms. The van der Waals surface area contributed by atoms with Crippen molar-refractivity contribution in [1.29, 1.82) is 0 Å². The fourth-order valence-corrected chi connectivity index (χ4v) is 4.73. The number of carbonyl (C=O) groups is 2. The number of nitrogens with one attached hydrogen (secondary N) is 1. The molecule has 2 aromatic carbocycles. The molecule has 10 heteroatoms. The van der Waals surface area contributed by atoms with Crippen LogP contribution in [0.1, 0.15) is 44.2 Å². The van der Waals surface area contributed by atoms with Crippen molar-refractivity contribution in [2.24, 2.45) is 0 Å². The number of rotatable bonds is 10. The Labute approximate surface area is 212 Å². The van der Waals surface area contributed by atoms with Crippen LogP contribution in [0.4, 0.5) is 5.69 Å². The maximum Gasteiger partial charge on any atom is 0.244 e. The summed E-state index contributed by atoms with van der Waals surface area (Å²) in [7, 11) is -2.28. The van der Waals surface area contributed by atoms with Gasteiger partial charge in [-0.1, -0.05) is 62.2 Å². The molecule has 1 N–H and O–H groups in total. The van der Waals surface area contributed by atoms with E-state index < -0.39 is 28.5 Å². The lowest BCUT2D eigenvalue weighted by Gasteiger charge is -2.32. The zero-order valence-corrected chi connectivity index (χ0v) is 22.3. The molecule has 0 aliphatic carbocycles. The number of halogens is 2. The minimum Gasteiger partial charge on any atom is -0.357 e. The van der Waals surface area contributed by atoms with Crippen molar-refractivity contribution in [2.45, 2.75) is 45.7 Å². The number of sulfonamides is 1. The Balaban J connectivity index is 2.43. The third kappa shape index (κ3) is 7.10. The molecule has 0 aliphatic rings. The van der Waals surface area contributed by atoms with Gasteiger partial charge in [-0.2, -0.15) is 0 Å². The number of benzene rings is 2. The van der Waals surface area contributed by atoms with Crippen LogP contribution >= 0.6 is 23.2 Å². The van der Waals surface area contributed by atoms with E-state index in [1.54, 1.807) is 37.3 Å². The average Bonchev–Trinajstić information content (AvgIpc) is 2.78. The van der Waals surface area contributed by atoms with Gasteiger partial charge in [0.15, 0.2) is 0 Å². The standard InChI is InChI=1S/C24H31Cl2N3O4S/c1-6-22(24(31)27-4)28(14-17-7-12-20(25)21(26)13-17)23(30)15-29(34(5,32)33)19-10-8-18(9-11-19)16(2)3/h7-13,16,22H,6,14-15H2,1-5H3,(H,27,31)/t22-/m0/s1. The average molecular weight is 529 g/mol. The van der Waals surface area contributed by atoms with Crippen LogP contribution in [0.15, 0.2) is 42.5 Å². The van der Waals surface area contributed by atoms with Gasteiger partial charge in [0.05, 0.1) is 22.0 Å². The van der Waals surface area contributed by atoms with Crippen molar-refractivity contribution in [3.8, 4) is 0 Å². The first-order chi connectivity index (χ1) is 15.9. The molecule has 0 heterocycles. The lowest BCUT2D eigenvalue weighted by molar-refractivity contribution is -0.140. The second-order valence-corrected chi connectivity index (χ2v) is 11.0. The molecule has 7 nitrogen and oxygen atoms in total. The van der Waals surface area contributed by atoms with E-state index in [4.69, 9.17) is 23.2 Å². The van der Waals surface area contributed by atoms with Crippen LogP contribution < -0.4 is 9.62 Å². The highest BCUT2D eigenvalue weighted by atomic mass is 35.5. The highest BCUT2D eigenvalue weighted by Gasteiger charge is 2.31. The topological polar surface area (TPSA) is 86.8 Å².